The lowest BCUT2D eigenvalue weighted by atomic mass is 10.1. The molecule has 0 unspecified atom stereocenters. The molecule has 0 spiro atoms. The average molecular weight is 380 g/mol. The standard InChI is InChI=1S/C23H22ClNO2/c24-22-9-5-4-8-21(22)14-23(26)25-15-18-10-12-20(13-11-18)17-27-16-19-6-2-1-3-7-19/h1-13H,14-17H2,(H,25,26). The Balaban J connectivity index is 1.42. The molecule has 0 aliphatic rings. The van der Waals surface area contributed by atoms with E-state index in [0.717, 1.165) is 22.3 Å². The molecule has 0 fully saturated rings. The number of carbonyl (C=O) groups is 1. The predicted octanol–water partition coefficient (Wildman–Crippen LogP) is 4.92. The van der Waals surface area contributed by atoms with E-state index in [2.05, 4.69) is 17.4 Å². The van der Waals surface area contributed by atoms with Crippen LogP contribution >= 0.6 is 11.6 Å². The van der Waals surface area contributed by atoms with Crippen molar-refractivity contribution in [3.63, 3.8) is 0 Å². The molecule has 138 valence electrons. The fraction of sp³-hybridized carbons (Fsp3) is 0.174. The smallest absolute Gasteiger partial charge is 0.224 e. The molecule has 0 bridgehead atoms. The van der Waals surface area contributed by atoms with E-state index >= 15 is 0 Å². The summed E-state index contributed by atoms with van der Waals surface area (Å²) in [5, 5.41) is 3.55. The van der Waals surface area contributed by atoms with Crippen molar-refractivity contribution in [3.8, 4) is 0 Å². The molecule has 0 saturated carbocycles. The minimum Gasteiger partial charge on any atom is -0.372 e. The van der Waals surface area contributed by atoms with Gasteiger partial charge in [0.15, 0.2) is 0 Å². The Labute approximate surface area is 164 Å². The molecule has 3 aromatic carbocycles. The summed E-state index contributed by atoms with van der Waals surface area (Å²) in [6.45, 7) is 1.66. The van der Waals surface area contributed by atoms with Gasteiger partial charge in [-0.15, -0.1) is 0 Å². The van der Waals surface area contributed by atoms with Crippen LogP contribution in [0.5, 0.6) is 0 Å². The third-order valence-electron chi connectivity index (χ3n) is 4.20. The van der Waals surface area contributed by atoms with Crippen molar-refractivity contribution in [1.29, 1.82) is 0 Å². The predicted molar refractivity (Wildman–Crippen MR) is 108 cm³/mol. The fourth-order valence-corrected chi connectivity index (χ4v) is 2.89. The van der Waals surface area contributed by atoms with Gasteiger partial charge in [-0.25, -0.2) is 0 Å². The first kappa shape index (κ1) is 19.2. The van der Waals surface area contributed by atoms with E-state index in [4.69, 9.17) is 16.3 Å². The van der Waals surface area contributed by atoms with Crippen LogP contribution in [0.25, 0.3) is 0 Å². The third kappa shape index (κ3) is 6.24. The van der Waals surface area contributed by atoms with Gasteiger partial charge in [0.1, 0.15) is 0 Å². The molecule has 4 heteroatoms. The van der Waals surface area contributed by atoms with Gasteiger partial charge in [0, 0.05) is 11.6 Å². The first-order chi connectivity index (χ1) is 13.2. The number of halogens is 1. The van der Waals surface area contributed by atoms with Crippen LogP contribution in [0.2, 0.25) is 5.02 Å². The monoisotopic (exact) mass is 379 g/mol. The van der Waals surface area contributed by atoms with Gasteiger partial charge in [-0.05, 0) is 28.3 Å². The molecule has 0 aliphatic heterocycles. The molecular formula is C23H22ClNO2. The molecule has 0 atom stereocenters. The SMILES string of the molecule is O=C(Cc1ccccc1Cl)NCc1ccc(COCc2ccccc2)cc1. The first-order valence-electron chi connectivity index (χ1n) is 8.90. The van der Waals surface area contributed by atoms with Crippen LogP contribution in [0.4, 0.5) is 0 Å². The van der Waals surface area contributed by atoms with Gasteiger partial charge in [-0.1, -0.05) is 84.4 Å². The summed E-state index contributed by atoms with van der Waals surface area (Å²) in [5.41, 5.74) is 4.16. The van der Waals surface area contributed by atoms with E-state index < -0.39 is 0 Å². The number of nitrogens with one attached hydrogen (secondary N) is 1. The van der Waals surface area contributed by atoms with Gasteiger partial charge >= 0.3 is 0 Å². The molecule has 0 saturated heterocycles. The summed E-state index contributed by atoms with van der Waals surface area (Å²) in [5.74, 6) is -0.0432. The highest BCUT2D eigenvalue weighted by Gasteiger charge is 2.06. The second kappa shape index (κ2) is 9.91. The van der Waals surface area contributed by atoms with Crippen LogP contribution in [0, 0.1) is 0 Å². The van der Waals surface area contributed by atoms with Crippen LogP contribution in [0.3, 0.4) is 0 Å². The molecule has 3 aromatic rings. The Morgan fingerprint density at radius 2 is 1.37 bits per heavy atom. The zero-order valence-corrected chi connectivity index (χ0v) is 15.8. The van der Waals surface area contributed by atoms with Crippen molar-refractivity contribution in [3.05, 3.63) is 106 Å². The summed E-state index contributed by atoms with van der Waals surface area (Å²) in [7, 11) is 0. The summed E-state index contributed by atoms with van der Waals surface area (Å²) in [6, 6.07) is 25.6. The highest BCUT2D eigenvalue weighted by molar-refractivity contribution is 6.31. The molecule has 3 rings (SSSR count). The van der Waals surface area contributed by atoms with Crippen LogP contribution < -0.4 is 5.32 Å². The van der Waals surface area contributed by atoms with E-state index in [-0.39, 0.29) is 12.3 Å². The van der Waals surface area contributed by atoms with E-state index in [9.17, 15) is 4.79 Å². The minimum absolute atomic E-state index is 0.0432. The lowest BCUT2D eigenvalue weighted by Gasteiger charge is -2.08. The van der Waals surface area contributed by atoms with E-state index in [1.807, 2.05) is 60.7 Å². The number of hydrogen-bond acceptors (Lipinski definition) is 2. The Kier molecular flexibility index (Phi) is 7.03. The molecule has 1 amide bonds. The normalized spacial score (nSPS) is 10.6. The lowest BCUT2D eigenvalue weighted by molar-refractivity contribution is -0.120. The van der Waals surface area contributed by atoms with Gasteiger partial charge in [0.2, 0.25) is 5.91 Å². The number of hydrogen-bond donors (Lipinski definition) is 1. The van der Waals surface area contributed by atoms with Crippen LogP contribution in [0.1, 0.15) is 22.3 Å². The average Bonchev–Trinajstić information content (AvgIpc) is 2.70. The van der Waals surface area contributed by atoms with Crippen LogP contribution in [0.15, 0.2) is 78.9 Å². The number of amides is 1. The number of ether oxygens (including phenoxy) is 1. The minimum atomic E-state index is -0.0432. The van der Waals surface area contributed by atoms with E-state index in [1.54, 1.807) is 6.07 Å². The number of rotatable bonds is 8. The van der Waals surface area contributed by atoms with Crippen LogP contribution in [-0.2, 0) is 35.7 Å². The number of carbonyl (C=O) groups excluding carboxylic acids is 1. The summed E-state index contributed by atoms with van der Waals surface area (Å²) >= 11 is 6.09. The zero-order valence-electron chi connectivity index (χ0n) is 15.0. The van der Waals surface area contributed by atoms with Gasteiger partial charge in [0.25, 0.3) is 0 Å². The fourth-order valence-electron chi connectivity index (χ4n) is 2.69. The van der Waals surface area contributed by atoms with Crippen molar-refractivity contribution in [2.75, 3.05) is 0 Å². The van der Waals surface area contributed by atoms with Crippen molar-refractivity contribution in [1.82, 2.24) is 5.32 Å². The summed E-state index contributed by atoms with van der Waals surface area (Å²) < 4.78 is 5.74. The van der Waals surface area contributed by atoms with Crippen molar-refractivity contribution in [2.45, 2.75) is 26.2 Å². The highest BCUT2D eigenvalue weighted by Crippen LogP contribution is 2.15. The van der Waals surface area contributed by atoms with Crippen molar-refractivity contribution < 1.29 is 9.53 Å². The largest absolute Gasteiger partial charge is 0.372 e. The third-order valence-corrected chi connectivity index (χ3v) is 4.57. The summed E-state index contributed by atoms with van der Waals surface area (Å²) in [4.78, 5) is 12.1. The first-order valence-corrected chi connectivity index (χ1v) is 9.28. The van der Waals surface area contributed by atoms with Gasteiger partial charge < -0.3 is 10.1 Å². The van der Waals surface area contributed by atoms with Gasteiger partial charge in [-0.3, -0.25) is 4.79 Å². The summed E-state index contributed by atoms with van der Waals surface area (Å²) in [6.07, 6.45) is 0.283. The topological polar surface area (TPSA) is 38.3 Å². The quantitative estimate of drug-likeness (QED) is 0.603. The molecule has 27 heavy (non-hydrogen) atoms. The van der Waals surface area contributed by atoms with Crippen LogP contribution in [-0.4, -0.2) is 5.91 Å². The van der Waals surface area contributed by atoms with E-state index in [0.29, 0.717) is 24.8 Å². The second-order valence-electron chi connectivity index (χ2n) is 6.34. The lowest BCUT2D eigenvalue weighted by Crippen LogP contribution is -2.24. The molecule has 0 radical (unpaired) electrons. The number of benzene rings is 3. The Bertz CT molecular complexity index is 863. The van der Waals surface area contributed by atoms with Gasteiger partial charge in [0.05, 0.1) is 19.6 Å². The van der Waals surface area contributed by atoms with Crippen molar-refractivity contribution >= 4 is 17.5 Å². The Morgan fingerprint density at radius 1 is 0.778 bits per heavy atom. The highest BCUT2D eigenvalue weighted by atomic mass is 35.5. The maximum atomic E-state index is 12.1. The van der Waals surface area contributed by atoms with Crippen molar-refractivity contribution in [2.24, 2.45) is 0 Å². The second-order valence-corrected chi connectivity index (χ2v) is 6.75. The molecule has 3 nitrogen and oxygen atoms in total. The zero-order chi connectivity index (χ0) is 18.9. The molecule has 0 aliphatic carbocycles. The van der Waals surface area contributed by atoms with Gasteiger partial charge in [-0.2, -0.15) is 0 Å². The molecule has 0 aromatic heterocycles. The molecular weight excluding hydrogens is 358 g/mol. The molecule has 0 heterocycles. The maximum Gasteiger partial charge on any atom is 0.224 e. The Hall–Kier alpha value is -2.62. The maximum absolute atomic E-state index is 12.1. The van der Waals surface area contributed by atoms with E-state index in [1.165, 1.54) is 0 Å². The molecule has 1 N–H and O–H groups in total. The Morgan fingerprint density at radius 3 is 2.07 bits per heavy atom.